The molecule has 1 aliphatic heterocycles. The van der Waals surface area contributed by atoms with Crippen molar-refractivity contribution in [2.45, 2.75) is 25.6 Å². The van der Waals surface area contributed by atoms with Crippen molar-refractivity contribution in [2.24, 2.45) is 5.92 Å². The van der Waals surface area contributed by atoms with Gasteiger partial charge in [-0.15, -0.1) is 0 Å². The maximum Gasteiger partial charge on any atom is 0.290 e. The Morgan fingerprint density at radius 2 is 1.81 bits per heavy atom. The summed E-state index contributed by atoms with van der Waals surface area (Å²) in [7, 11) is 0. The highest BCUT2D eigenvalue weighted by Gasteiger charge is 2.39. The number of rotatable bonds is 13. The van der Waals surface area contributed by atoms with Crippen LogP contribution in [0.25, 0.3) is 11.0 Å². The maximum absolute atomic E-state index is 13.2. The van der Waals surface area contributed by atoms with Gasteiger partial charge >= 0.3 is 0 Å². The Hall–Kier alpha value is -3.37. The molecule has 2 heterocycles. The third-order valence-corrected chi connectivity index (χ3v) is 6.22. The molecule has 0 radical (unpaired) electrons. The standard InChI is InChI=1S/C28H34N2O7/c1-2-35-28-20(11-13-33-15-16-34-14-12-31)21(22-18-36-25-10-6-3-7-19(22)25)17-26(37-28)27(32)30-24-9-5-4-8-23(24)29/h3-10,17-18,20-21,28,31H,2,11-16,29H2,1H3,(H,30,32)/t20-,21+,28-/m1/s1. The van der Waals surface area contributed by atoms with E-state index in [2.05, 4.69) is 5.32 Å². The van der Waals surface area contributed by atoms with E-state index >= 15 is 0 Å². The average molecular weight is 511 g/mol. The molecule has 0 bridgehead atoms. The van der Waals surface area contributed by atoms with E-state index in [0.717, 1.165) is 16.5 Å². The normalized spacial score (nSPS) is 19.4. The molecule has 4 rings (SSSR count). The van der Waals surface area contributed by atoms with E-state index in [9.17, 15) is 4.79 Å². The highest BCUT2D eigenvalue weighted by atomic mass is 16.7. The minimum Gasteiger partial charge on any atom is -0.464 e. The second kappa shape index (κ2) is 13.3. The first kappa shape index (κ1) is 26.7. The van der Waals surface area contributed by atoms with Gasteiger partial charge in [-0.05, 0) is 37.6 Å². The van der Waals surface area contributed by atoms with Crippen molar-refractivity contribution in [3.63, 3.8) is 0 Å². The molecule has 198 valence electrons. The third-order valence-electron chi connectivity index (χ3n) is 6.22. The SMILES string of the molecule is CCO[C@@H]1OC(C(=O)Nc2ccccc2N)=C[C@H](c2coc3ccccc23)[C@H]1CCOCCOCCO. The van der Waals surface area contributed by atoms with Crippen LogP contribution in [-0.4, -0.2) is 56.9 Å². The molecule has 0 unspecified atom stereocenters. The van der Waals surface area contributed by atoms with Gasteiger partial charge < -0.3 is 39.5 Å². The van der Waals surface area contributed by atoms with Crippen LogP contribution in [0, 0.1) is 5.92 Å². The Balaban J connectivity index is 1.59. The number of furan rings is 1. The topological polar surface area (TPSA) is 125 Å². The fourth-order valence-corrected chi connectivity index (χ4v) is 4.45. The zero-order valence-electron chi connectivity index (χ0n) is 20.9. The number of carbonyl (C=O) groups is 1. The van der Waals surface area contributed by atoms with Crippen LogP contribution in [-0.2, 0) is 23.7 Å². The molecule has 0 aliphatic carbocycles. The molecule has 0 fully saturated rings. The highest BCUT2D eigenvalue weighted by Crippen LogP contribution is 2.42. The van der Waals surface area contributed by atoms with Gasteiger partial charge in [0.15, 0.2) is 5.76 Å². The summed E-state index contributed by atoms with van der Waals surface area (Å²) < 4.78 is 29.0. The monoisotopic (exact) mass is 510 g/mol. The third kappa shape index (κ3) is 6.69. The van der Waals surface area contributed by atoms with Gasteiger partial charge in [0.1, 0.15) is 5.58 Å². The van der Waals surface area contributed by atoms with Gasteiger partial charge in [0, 0.05) is 36.0 Å². The molecule has 0 spiro atoms. The van der Waals surface area contributed by atoms with Gasteiger partial charge in [0.05, 0.1) is 44.1 Å². The number of carbonyl (C=O) groups excluding carboxylic acids is 1. The summed E-state index contributed by atoms with van der Waals surface area (Å²) in [6, 6.07) is 14.9. The predicted molar refractivity (Wildman–Crippen MR) is 140 cm³/mol. The Morgan fingerprint density at radius 1 is 1.05 bits per heavy atom. The van der Waals surface area contributed by atoms with Crippen LogP contribution in [0.5, 0.6) is 0 Å². The number of hydrogen-bond donors (Lipinski definition) is 3. The summed E-state index contributed by atoms with van der Waals surface area (Å²) in [5, 5.41) is 12.6. The summed E-state index contributed by atoms with van der Waals surface area (Å²) in [5.74, 6) is -0.614. The highest BCUT2D eigenvalue weighted by molar-refractivity contribution is 6.04. The van der Waals surface area contributed by atoms with Gasteiger partial charge in [0.25, 0.3) is 5.91 Å². The molecule has 2 aromatic carbocycles. The summed E-state index contributed by atoms with van der Waals surface area (Å²) in [4.78, 5) is 13.2. The zero-order chi connectivity index (χ0) is 26.0. The molecule has 1 aromatic heterocycles. The molecule has 0 saturated heterocycles. The van der Waals surface area contributed by atoms with Crippen LogP contribution in [0.4, 0.5) is 11.4 Å². The molecule has 9 nitrogen and oxygen atoms in total. The molecule has 9 heteroatoms. The number of para-hydroxylation sites is 3. The minimum absolute atomic E-state index is 0.0190. The summed E-state index contributed by atoms with van der Waals surface area (Å²) >= 11 is 0. The smallest absolute Gasteiger partial charge is 0.290 e. The second-order valence-electron chi connectivity index (χ2n) is 8.63. The molecule has 3 atom stereocenters. The fraction of sp³-hybridized carbons (Fsp3) is 0.393. The number of hydrogen-bond acceptors (Lipinski definition) is 8. The fourth-order valence-electron chi connectivity index (χ4n) is 4.45. The Kier molecular flexibility index (Phi) is 9.56. The number of aliphatic hydroxyl groups excluding tert-OH is 1. The van der Waals surface area contributed by atoms with Crippen molar-refractivity contribution in [3.05, 3.63) is 72.2 Å². The summed E-state index contributed by atoms with van der Waals surface area (Å²) in [6.07, 6.45) is 3.51. The van der Waals surface area contributed by atoms with Gasteiger partial charge in [-0.2, -0.15) is 0 Å². The van der Waals surface area contributed by atoms with Crippen LogP contribution < -0.4 is 11.1 Å². The molecule has 1 amide bonds. The summed E-state index contributed by atoms with van der Waals surface area (Å²) in [6.45, 7) is 3.83. The second-order valence-corrected chi connectivity index (χ2v) is 8.63. The van der Waals surface area contributed by atoms with E-state index in [0.29, 0.717) is 44.2 Å². The number of allylic oxidation sites excluding steroid dienone is 1. The van der Waals surface area contributed by atoms with Crippen molar-refractivity contribution in [3.8, 4) is 0 Å². The van der Waals surface area contributed by atoms with E-state index in [-0.39, 0.29) is 30.8 Å². The molecule has 0 saturated carbocycles. The lowest BCUT2D eigenvalue weighted by molar-refractivity contribution is -0.166. The average Bonchev–Trinajstić information content (AvgIpc) is 3.34. The number of nitrogens with one attached hydrogen (secondary N) is 1. The van der Waals surface area contributed by atoms with Gasteiger partial charge in [-0.3, -0.25) is 4.79 Å². The molecule has 1 aliphatic rings. The van der Waals surface area contributed by atoms with E-state index in [4.69, 9.17) is 34.2 Å². The van der Waals surface area contributed by atoms with Gasteiger partial charge in [-0.1, -0.05) is 30.3 Å². The summed E-state index contributed by atoms with van der Waals surface area (Å²) in [5.41, 5.74) is 8.71. The van der Waals surface area contributed by atoms with Crippen LogP contribution in [0.1, 0.15) is 24.8 Å². The maximum atomic E-state index is 13.2. The first-order valence-electron chi connectivity index (χ1n) is 12.5. The largest absolute Gasteiger partial charge is 0.464 e. The minimum atomic E-state index is -0.670. The Bertz CT molecular complexity index is 1190. The molecule has 4 N–H and O–H groups in total. The van der Waals surface area contributed by atoms with E-state index in [1.54, 1.807) is 30.5 Å². The van der Waals surface area contributed by atoms with Crippen LogP contribution in [0.2, 0.25) is 0 Å². The predicted octanol–water partition coefficient (Wildman–Crippen LogP) is 4.05. The lowest BCUT2D eigenvalue weighted by Gasteiger charge is -2.36. The number of ether oxygens (including phenoxy) is 4. The van der Waals surface area contributed by atoms with Crippen molar-refractivity contribution < 1.29 is 33.3 Å². The van der Waals surface area contributed by atoms with E-state index < -0.39 is 12.2 Å². The van der Waals surface area contributed by atoms with Gasteiger partial charge in [0.2, 0.25) is 6.29 Å². The van der Waals surface area contributed by atoms with Gasteiger partial charge in [-0.25, -0.2) is 0 Å². The molecule has 3 aromatic rings. The van der Waals surface area contributed by atoms with Crippen molar-refractivity contribution in [1.82, 2.24) is 0 Å². The molecular weight excluding hydrogens is 476 g/mol. The molecule has 37 heavy (non-hydrogen) atoms. The van der Waals surface area contributed by atoms with Crippen molar-refractivity contribution in [1.29, 1.82) is 0 Å². The number of nitrogen functional groups attached to an aromatic ring is 1. The number of fused-ring (bicyclic) bond motifs is 1. The lowest BCUT2D eigenvalue weighted by atomic mass is 9.81. The Morgan fingerprint density at radius 3 is 2.59 bits per heavy atom. The van der Waals surface area contributed by atoms with E-state index in [1.165, 1.54) is 0 Å². The Labute approximate surface area is 216 Å². The number of anilines is 2. The van der Waals surface area contributed by atoms with Crippen LogP contribution in [0.15, 0.2) is 71.0 Å². The number of aliphatic hydroxyl groups is 1. The van der Waals surface area contributed by atoms with Crippen molar-refractivity contribution in [2.75, 3.05) is 50.7 Å². The molecular formula is C28H34N2O7. The lowest BCUT2D eigenvalue weighted by Crippen LogP contribution is -2.38. The quantitative estimate of drug-likeness (QED) is 0.232. The van der Waals surface area contributed by atoms with Crippen molar-refractivity contribution >= 4 is 28.3 Å². The first-order valence-corrected chi connectivity index (χ1v) is 12.5. The number of benzene rings is 2. The first-order chi connectivity index (χ1) is 18.1. The number of amides is 1. The van der Waals surface area contributed by atoms with Crippen LogP contribution >= 0.6 is 0 Å². The zero-order valence-corrected chi connectivity index (χ0v) is 20.9. The van der Waals surface area contributed by atoms with Crippen LogP contribution in [0.3, 0.4) is 0 Å². The number of nitrogens with two attached hydrogens (primary N) is 1. The van der Waals surface area contributed by atoms with E-state index in [1.807, 2.05) is 37.3 Å².